The molecule has 0 radical (unpaired) electrons. The highest BCUT2D eigenvalue weighted by atomic mass is 32.2. The van der Waals surface area contributed by atoms with Crippen LogP contribution in [0.5, 0.6) is 0 Å². The molecule has 8 nitrogen and oxygen atoms in total. The van der Waals surface area contributed by atoms with Gasteiger partial charge in [0.15, 0.2) is 15.6 Å². The summed E-state index contributed by atoms with van der Waals surface area (Å²) in [6.07, 6.45) is 1.95. The number of carbonyl (C=O) groups is 1. The molecular formula is C17H17N3O5S. The summed E-state index contributed by atoms with van der Waals surface area (Å²) in [5.74, 6) is 0.293. The summed E-state index contributed by atoms with van der Waals surface area (Å²) < 4.78 is 34.1. The van der Waals surface area contributed by atoms with Crippen LogP contribution in [0.15, 0.2) is 33.4 Å². The molecule has 4 rings (SSSR count). The zero-order chi connectivity index (χ0) is 18.5. The number of nitrogens with zero attached hydrogens (tertiary/aromatic N) is 3. The molecule has 0 bridgehead atoms. The first-order valence-corrected chi connectivity index (χ1v) is 9.96. The fourth-order valence-corrected chi connectivity index (χ4v) is 5.02. The Morgan fingerprint density at radius 1 is 1.38 bits per heavy atom. The summed E-state index contributed by atoms with van der Waals surface area (Å²) in [7, 11) is -1.47. The van der Waals surface area contributed by atoms with Crippen LogP contribution in [0.3, 0.4) is 0 Å². The van der Waals surface area contributed by atoms with Gasteiger partial charge in [0, 0.05) is 13.1 Å². The van der Waals surface area contributed by atoms with Crippen molar-refractivity contribution in [1.82, 2.24) is 15.0 Å². The number of sulfone groups is 1. The van der Waals surface area contributed by atoms with Gasteiger partial charge in [-0.05, 0) is 31.5 Å². The number of aromatic nitrogens is 2. The van der Waals surface area contributed by atoms with Crippen LogP contribution in [0.4, 0.5) is 0 Å². The van der Waals surface area contributed by atoms with Crippen LogP contribution in [-0.4, -0.2) is 54.0 Å². The van der Waals surface area contributed by atoms with E-state index in [2.05, 4.69) is 10.1 Å². The SMILES string of the molecule is Cc1noc2nc(-c3ccco3)cc(C(=O)N(C)[C@@H]3CCS(=O)(=O)C3)c12. The van der Waals surface area contributed by atoms with Gasteiger partial charge in [0.2, 0.25) is 0 Å². The first-order valence-electron chi connectivity index (χ1n) is 8.14. The molecule has 1 aliphatic rings. The second-order valence-corrected chi connectivity index (χ2v) is 8.68. The lowest BCUT2D eigenvalue weighted by molar-refractivity contribution is 0.0749. The Morgan fingerprint density at radius 2 is 2.19 bits per heavy atom. The number of pyridine rings is 1. The summed E-state index contributed by atoms with van der Waals surface area (Å²) in [6, 6.07) is 4.75. The molecule has 1 aliphatic heterocycles. The number of rotatable bonds is 3. The highest BCUT2D eigenvalue weighted by Crippen LogP contribution is 2.29. The number of hydrogen-bond donors (Lipinski definition) is 0. The highest BCUT2D eigenvalue weighted by Gasteiger charge is 2.34. The van der Waals surface area contributed by atoms with Crippen molar-refractivity contribution in [3.05, 3.63) is 35.7 Å². The number of aryl methyl sites for hydroxylation is 1. The maximum absolute atomic E-state index is 13.1. The van der Waals surface area contributed by atoms with E-state index in [0.717, 1.165) is 0 Å². The van der Waals surface area contributed by atoms with Crippen LogP contribution < -0.4 is 0 Å². The molecule has 3 aromatic rings. The Hall–Kier alpha value is -2.68. The largest absolute Gasteiger partial charge is 0.463 e. The normalized spacial score (nSPS) is 19.1. The molecule has 26 heavy (non-hydrogen) atoms. The van der Waals surface area contributed by atoms with Crippen molar-refractivity contribution >= 4 is 26.8 Å². The minimum absolute atomic E-state index is 0.0167. The second-order valence-electron chi connectivity index (χ2n) is 6.45. The van der Waals surface area contributed by atoms with Gasteiger partial charge in [0.05, 0.1) is 34.4 Å². The lowest BCUT2D eigenvalue weighted by Crippen LogP contribution is -2.38. The molecule has 9 heteroatoms. The predicted molar refractivity (Wildman–Crippen MR) is 93.4 cm³/mol. The quantitative estimate of drug-likeness (QED) is 0.689. The van der Waals surface area contributed by atoms with Crippen molar-refractivity contribution < 1.29 is 22.2 Å². The maximum atomic E-state index is 13.1. The molecule has 1 saturated heterocycles. The monoisotopic (exact) mass is 375 g/mol. The van der Waals surface area contributed by atoms with Crippen molar-refractivity contribution in [2.24, 2.45) is 0 Å². The minimum atomic E-state index is -3.09. The molecule has 1 fully saturated rings. The van der Waals surface area contributed by atoms with Crippen molar-refractivity contribution in [3.63, 3.8) is 0 Å². The Kier molecular flexibility index (Phi) is 3.83. The molecule has 4 heterocycles. The third-order valence-corrected chi connectivity index (χ3v) is 6.45. The van der Waals surface area contributed by atoms with E-state index < -0.39 is 9.84 Å². The van der Waals surface area contributed by atoms with Gasteiger partial charge >= 0.3 is 0 Å². The van der Waals surface area contributed by atoms with Crippen LogP contribution in [0, 0.1) is 6.92 Å². The molecule has 0 saturated carbocycles. The average molecular weight is 375 g/mol. The Bertz CT molecular complexity index is 1090. The highest BCUT2D eigenvalue weighted by molar-refractivity contribution is 7.91. The van der Waals surface area contributed by atoms with Crippen molar-refractivity contribution in [2.75, 3.05) is 18.6 Å². The Morgan fingerprint density at radius 3 is 2.85 bits per heavy atom. The van der Waals surface area contributed by atoms with Gasteiger partial charge in [0.1, 0.15) is 5.69 Å². The minimum Gasteiger partial charge on any atom is -0.463 e. The molecule has 136 valence electrons. The average Bonchev–Trinajstić information content (AvgIpc) is 3.33. The van der Waals surface area contributed by atoms with Gasteiger partial charge in [-0.15, -0.1) is 0 Å². The fraction of sp³-hybridized carbons (Fsp3) is 0.353. The van der Waals surface area contributed by atoms with Crippen molar-refractivity contribution in [3.8, 4) is 11.5 Å². The summed E-state index contributed by atoms with van der Waals surface area (Å²) in [5.41, 5.74) is 1.61. The van der Waals surface area contributed by atoms with Crippen LogP contribution in [0.25, 0.3) is 22.6 Å². The summed E-state index contributed by atoms with van der Waals surface area (Å²) >= 11 is 0. The molecule has 3 aromatic heterocycles. The zero-order valence-corrected chi connectivity index (χ0v) is 15.1. The number of amides is 1. The van der Waals surface area contributed by atoms with Gasteiger partial charge in [-0.25, -0.2) is 13.4 Å². The van der Waals surface area contributed by atoms with E-state index in [9.17, 15) is 13.2 Å². The smallest absolute Gasteiger partial charge is 0.259 e. The molecule has 1 amide bonds. The summed E-state index contributed by atoms with van der Waals surface area (Å²) in [4.78, 5) is 19.0. The van der Waals surface area contributed by atoms with Crippen LogP contribution in [0.2, 0.25) is 0 Å². The van der Waals surface area contributed by atoms with E-state index in [-0.39, 0.29) is 29.2 Å². The third kappa shape index (κ3) is 2.78. The number of furan rings is 1. The molecule has 0 unspecified atom stereocenters. The first kappa shape index (κ1) is 16.8. The first-order chi connectivity index (χ1) is 12.4. The Labute approximate surface area is 149 Å². The molecule has 1 atom stereocenters. The molecule has 0 spiro atoms. The van der Waals surface area contributed by atoms with E-state index >= 15 is 0 Å². The molecule has 0 N–H and O–H groups in total. The van der Waals surface area contributed by atoms with E-state index in [1.165, 1.54) is 11.2 Å². The van der Waals surface area contributed by atoms with Gasteiger partial charge in [-0.3, -0.25) is 4.79 Å². The lowest BCUT2D eigenvalue weighted by atomic mass is 10.1. The van der Waals surface area contributed by atoms with Crippen LogP contribution in [0.1, 0.15) is 22.5 Å². The van der Waals surface area contributed by atoms with E-state index in [0.29, 0.717) is 34.5 Å². The standard InChI is InChI=1S/C17H17N3O5S/c1-10-15-12(17(21)20(2)11-5-7-26(22,23)9-11)8-13(14-4-3-6-24-14)18-16(15)25-19-10/h3-4,6,8,11H,5,7,9H2,1-2H3/t11-/m1/s1. The van der Waals surface area contributed by atoms with Gasteiger partial charge in [-0.2, -0.15) is 0 Å². The van der Waals surface area contributed by atoms with Gasteiger partial charge < -0.3 is 13.8 Å². The summed E-state index contributed by atoms with van der Waals surface area (Å²) in [6.45, 7) is 1.73. The van der Waals surface area contributed by atoms with Crippen LogP contribution >= 0.6 is 0 Å². The zero-order valence-electron chi connectivity index (χ0n) is 14.3. The van der Waals surface area contributed by atoms with Crippen molar-refractivity contribution in [1.29, 1.82) is 0 Å². The molecule has 0 aromatic carbocycles. The Balaban J connectivity index is 1.79. The second kappa shape index (κ2) is 5.94. The number of carbonyl (C=O) groups excluding carboxylic acids is 1. The van der Waals surface area contributed by atoms with Gasteiger partial charge in [0.25, 0.3) is 11.6 Å². The van der Waals surface area contributed by atoms with E-state index in [4.69, 9.17) is 8.94 Å². The molecule has 0 aliphatic carbocycles. The van der Waals surface area contributed by atoms with E-state index in [1.807, 2.05) is 0 Å². The van der Waals surface area contributed by atoms with Crippen LogP contribution in [-0.2, 0) is 9.84 Å². The lowest BCUT2D eigenvalue weighted by Gasteiger charge is -2.23. The van der Waals surface area contributed by atoms with E-state index in [1.54, 1.807) is 32.2 Å². The number of fused-ring (bicyclic) bond motifs is 1. The third-order valence-electron chi connectivity index (χ3n) is 4.70. The predicted octanol–water partition coefficient (Wildman–Crippen LogP) is 2.05. The van der Waals surface area contributed by atoms with Gasteiger partial charge in [-0.1, -0.05) is 5.16 Å². The number of hydrogen-bond acceptors (Lipinski definition) is 7. The topological polar surface area (TPSA) is 107 Å². The molecular weight excluding hydrogens is 358 g/mol. The maximum Gasteiger partial charge on any atom is 0.259 e. The fourth-order valence-electron chi connectivity index (χ4n) is 3.25. The van der Waals surface area contributed by atoms with Crippen molar-refractivity contribution in [2.45, 2.75) is 19.4 Å². The summed E-state index contributed by atoms with van der Waals surface area (Å²) in [5, 5.41) is 4.43.